The number of sulfone groups is 2. The van der Waals surface area contributed by atoms with Gasteiger partial charge in [-0.05, 0) is 42.8 Å². The van der Waals surface area contributed by atoms with E-state index in [-0.39, 0.29) is 28.3 Å². The Morgan fingerprint density at radius 2 is 1.90 bits per heavy atom. The van der Waals surface area contributed by atoms with Crippen molar-refractivity contribution >= 4 is 37.2 Å². The number of halogens is 1. The first-order valence-electron chi connectivity index (χ1n) is 8.77. The molecular formula is C19H18FNO7S2. The third kappa shape index (κ3) is 4.51. The van der Waals surface area contributed by atoms with E-state index in [2.05, 4.69) is 10.1 Å². The molecule has 0 saturated carbocycles. The largest absolute Gasteiger partial charge is 0.465 e. The van der Waals surface area contributed by atoms with Crippen molar-refractivity contribution in [2.75, 3.05) is 23.9 Å². The molecular weight excluding hydrogens is 437 g/mol. The van der Waals surface area contributed by atoms with Gasteiger partial charge in [-0.1, -0.05) is 6.07 Å². The molecule has 0 unspecified atom stereocenters. The molecule has 30 heavy (non-hydrogen) atoms. The Balaban J connectivity index is 1.88. The molecule has 1 aliphatic rings. The number of hydrogen-bond acceptors (Lipinski definition) is 7. The molecule has 1 N–H and O–H groups in total. The zero-order valence-corrected chi connectivity index (χ0v) is 17.4. The lowest BCUT2D eigenvalue weighted by Gasteiger charge is -2.12. The van der Waals surface area contributed by atoms with Crippen molar-refractivity contribution in [2.24, 2.45) is 0 Å². The fourth-order valence-electron chi connectivity index (χ4n) is 3.09. The van der Waals surface area contributed by atoms with Crippen LogP contribution in [0.5, 0.6) is 0 Å². The van der Waals surface area contributed by atoms with Crippen molar-refractivity contribution in [3.8, 4) is 0 Å². The summed E-state index contributed by atoms with van der Waals surface area (Å²) in [5, 5.41) is 1.26. The van der Waals surface area contributed by atoms with Crippen LogP contribution in [-0.2, 0) is 24.4 Å². The maximum atomic E-state index is 14.2. The second-order valence-electron chi connectivity index (χ2n) is 6.74. The Hall–Kier alpha value is -2.79. The monoisotopic (exact) mass is 455 g/mol. The molecule has 0 aliphatic carbocycles. The number of ether oxygens (including phenoxy) is 1. The highest BCUT2D eigenvalue weighted by molar-refractivity contribution is 7.96. The predicted molar refractivity (Wildman–Crippen MR) is 106 cm³/mol. The van der Waals surface area contributed by atoms with Gasteiger partial charge in [0.2, 0.25) is 0 Å². The van der Waals surface area contributed by atoms with Gasteiger partial charge in [0.15, 0.2) is 19.7 Å². The van der Waals surface area contributed by atoms with Crippen molar-refractivity contribution in [3.63, 3.8) is 0 Å². The number of amides is 1. The van der Waals surface area contributed by atoms with Crippen LogP contribution >= 0.6 is 0 Å². The highest BCUT2D eigenvalue weighted by Gasteiger charge is 2.38. The first-order chi connectivity index (χ1) is 14.0. The summed E-state index contributed by atoms with van der Waals surface area (Å²) < 4.78 is 67.6. The lowest BCUT2D eigenvalue weighted by molar-refractivity contribution is 0.0600. The summed E-state index contributed by atoms with van der Waals surface area (Å²) in [6, 6.07) is 8.47. The third-order valence-electron chi connectivity index (χ3n) is 4.68. The molecule has 1 saturated heterocycles. The van der Waals surface area contributed by atoms with E-state index in [1.165, 1.54) is 31.4 Å². The lowest BCUT2D eigenvalue weighted by Crippen LogP contribution is -2.23. The average Bonchev–Trinajstić information content (AvgIpc) is 3.08. The van der Waals surface area contributed by atoms with Gasteiger partial charge in [-0.2, -0.15) is 0 Å². The summed E-state index contributed by atoms with van der Waals surface area (Å²) in [6.07, 6.45) is -0.0517. The fourth-order valence-corrected chi connectivity index (χ4v) is 7.48. The van der Waals surface area contributed by atoms with E-state index in [0.29, 0.717) is 0 Å². The van der Waals surface area contributed by atoms with Crippen LogP contribution in [0.4, 0.5) is 10.1 Å². The molecule has 160 valence electrons. The number of hydrogen-bond donors (Lipinski definition) is 1. The number of nitrogens with one attached hydrogen (secondary N) is 1. The SMILES string of the molecule is COC(=O)c1cccc(NC(=O)c2cc(S(=O)(=O)[C@@H]3CCS(=O)(=O)C3)ccc2F)c1. The molecule has 0 spiro atoms. The van der Waals surface area contributed by atoms with Gasteiger partial charge >= 0.3 is 5.97 Å². The zero-order valence-electron chi connectivity index (χ0n) is 15.8. The van der Waals surface area contributed by atoms with E-state index in [1.807, 2.05) is 0 Å². The van der Waals surface area contributed by atoms with Gasteiger partial charge in [0.1, 0.15) is 5.82 Å². The van der Waals surface area contributed by atoms with Crippen LogP contribution in [0.3, 0.4) is 0 Å². The van der Waals surface area contributed by atoms with Crippen molar-refractivity contribution in [1.82, 2.24) is 0 Å². The van der Waals surface area contributed by atoms with Gasteiger partial charge in [-0.3, -0.25) is 4.79 Å². The van der Waals surface area contributed by atoms with Crippen molar-refractivity contribution in [3.05, 3.63) is 59.4 Å². The molecule has 2 aromatic carbocycles. The summed E-state index contributed by atoms with van der Waals surface area (Å²) in [4.78, 5) is 23.8. The van der Waals surface area contributed by atoms with E-state index >= 15 is 0 Å². The molecule has 3 rings (SSSR count). The number of methoxy groups -OCH3 is 1. The number of benzene rings is 2. The predicted octanol–water partition coefficient (Wildman–Crippen LogP) is 1.83. The zero-order chi connectivity index (χ0) is 22.1. The molecule has 0 aromatic heterocycles. The Morgan fingerprint density at radius 3 is 2.53 bits per heavy atom. The normalized spacial score (nSPS) is 18.0. The maximum Gasteiger partial charge on any atom is 0.337 e. The minimum atomic E-state index is -4.06. The van der Waals surface area contributed by atoms with Crippen molar-refractivity contribution < 1.29 is 35.6 Å². The standard InChI is InChI=1S/C19H18FNO7S2/c1-28-19(23)12-3-2-4-13(9-12)21-18(22)16-10-14(5-6-17(16)20)30(26,27)15-7-8-29(24,25)11-15/h2-6,9-10,15H,7-8,11H2,1H3,(H,21,22)/t15-/m1/s1. The highest BCUT2D eigenvalue weighted by atomic mass is 32.2. The second-order valence-corrected chi connectivity index (χ2v) is 11.2. The summed E-state index contributed by atoms with van der Waals surface area (Å²) in [5.74, 6) is -3.24. The molecule has 0 bridgehead atoms. The van der Waals surface area contributed by atoms with E-state index in [1.54, 1.807) is 0 Å². The van der Waals surface area contributed by atoms with E-state index < -0.39 is 53.9 Å². The molecule has 1 heterocycles. The molecule has 8 nitrogen and oxygen atoms in total. The Labute approximate surface area is 172 Å². The quantitative estimate of drug-likeness (QED) is 0.539. The molecule has 1 fully saturated rings. The minimum Gasteiger partial charge on any atom is -0.465 e. The summed E-state index contributed by atoms with van der Waals surface area (Å²) >= 11 is 0. The number of anilines is 1. The Morgan fingerprint density at radius 1 is 1.17 bits per heavy atom. The van der Waals surface area contributed by atoms with Crippen LogP contribution in [0.2, 0.25) is 0 Å². The summed E-state index contributed by atoms with van der Waals surface area (Å²) in [7, 11) is -6.31. The van der Waals surface area contributed by atoms with Crippen LogP contribution in [0.15, 0.2) is 47.4 Å². The van der Waals surface area contributed by atoms with Crippen molar-refractivity contribution in [2.45, 2.75) is 16.6 Å². The first-order valence-corrected chi connectivity index (χ1v) is 12.1. The van der Waals surface area contributed by atoms with Gasteiger partial charge in [0.05, 0.1) is 39.9 Å². The van der Waals surface area contributed by atoms with Gasteiger partial charge in [-0.25, -0.2) is 26.0 Å². The van der Waals surface area contributed by atoms with Crippen LogP contribution in [0.25, 0.3) is 0 Å². The molecule has 1 atom stereocenters. The van der Waals surface area contributed by atoms with Crippen LogP contribution in [0.1, 0.15) is 27.1 Å². The van der Waals surface area contributed by atoms with Gasteiger partial charge in [0.25, 0.3) is 5.91 Å². The average molecular weight is 455 g/mol. The maximum absolute atomic E-state index is 14.2. The molecule has 2 aromatic rings. The minimum absolute atomic E-state index is 0.0517. The fraction of sp³-hybridized carbons (Fsp3) is 0.263. The van der Waals surface area contributed by atoms with Crippen molar-refractivity contribution in [1.29, 1.82) is 0 Å². The summed E-state index contributed by atoms with van der Waals surface area (Å²) in [6.45, 7) is 0. The smallest absolute Gasteiger partial charge is 0.337 e. The highest BCUT2D eigenvalue weighted by Crippen LogP contribution is 2.27. The Kier molecular flexibility index (Phi) is 5.95. The number of rotatable bonds is 5. The van der Waals surface area contributed by atoms with Crippen LogP contribution in [0, 0.1) is 5.82 Å². The number of esters is 1. The molecule has 0 radical (unpaired) electrons. The first kappa shape index (κ1) is 21.9. The molecule has 1 amide bonds. The lowest BCUT2D eigenvalue weighted by atomic mass is 10.1. The van der Waals surface area contributed by atoms with Crippen LogP contribution in [-0.4, -0.2) is 52.6 Å². The second kappa shape index (κ2) is 8.15. The van der Waals surface area contributed by atoms with E-state index in [0.717, 1.165) is 18.2 Å². The van der Waals surface area contributed by atoms with Crippen LogP contribution < -0.4 is 5.32 Å². The Bertz CT molecular complexity index is 1220. The number of carbonyl (C=O) groups is 2. The van der Waals surface area contributed by atoms with E-state index in [4.69, 9.17) is 0 Å². The topological polar surface area (TPSA) is 124 Å². The summed E-state index contributed by atoms with van der Waals surface area (Å²) in [5.41, 5.74) is -0.188. The number of carbonyl (C=O) groups excluding carboxylic acids is 2. The van der Waals surface area contributed by atoms with E-state index in [9.17, 15) is 30.8 Å². The van der Waals surface area contributed by atoms with Gasteiger partial charge < -0.3 is 10.1 Å². The van der Waals surface area contributed by atoms with Gasteiger partial charge in [0, 0.05) is 5.69 Å². The van der Waals surface area contributed by atoms with Gasteiger partial charge in [-0.15, -0.1) is 0 Å². The molecule has 11 heteroatoms. The molecule has 1 aliphatic heterocycles. The third-order valence-corrected chi connectivity index (χ3v) is 8.85.